The largest absolute Gasteiger partial charge is 1.00 e. The van der Waals surface area contributed by atoms with Gasteiger partial charge in [0.05, 0.1) is 24.8 Å². The van der Waals surface area contributed by atoms with Gasteiger partial charge in [0.2, 0.25) is 0 Å². The molecule has 1 heterocycles. The molecular formula is C24H17N2NaO4S. The van der Waals surface area contributed by atoms with E-state index in [4.69, 9.17) is 4.74 Å². The van der Waals surface area contributed by atoms with E-state index in [0.717, 1.165) is 17.3 Å². The Morgan fingerprint density at radius 1 is 0.906 bits per heavy atom. The Balaban J connectivity index is 0.00000289. The summed E-state index contributed by atoms with van der Waals surface area (Å²) in [6.45, 7) is 0. The van der Waals surface area contributed by atoms with Crippen molar-refractivity contribution in [1.82, 2.24) is 8.75 Å². The summed E-state index contributed by atoms with van der Waals surface area (Å²) in [6, 6.07) is 20.8. The first-order valence-electron chi connectivity index (χ1n) is 9.46. The standard InChI is InChI=1S/C24H18N2O4S.Na/c1-30-18-10-7-16(8-11-18)23(27)19(13-15-5-3-2-4-6-15)22(24(28)29)17-9-12-20-21(14-17)26-31-25-20;/h2-12,14H,13H2,1H3,(H,28,29);/q;+1/p-1/b22-19+;. The molecule has 4 rings (SSSR count). The van der Waals surface area contributed by atoms with Crippen molar-refractivity contribution in [3.63, 3.8) is 0 Å². The normalized spacial score (nSPS) is 11.4. The molecule has 0 aliphatic heterocycles. The first-order valence-corrected chi connectivity index (χ1v) is 10.2. The van der Waals surface area contributed by atoms with Crippen molar-refractivity contribution in [2.75, 3.05) is 7.11 Å². The van der Waals surface area contributed by atoms with Crippen molar-refractivity contribution in [2.24, 2.45) is 0 Å². The van der Waals surface area contributed by atoms with Crippen LogP contribution in [0.1, 0.15) is 21.5 Å². The number of nitrogens with zero attached hydrogens (tertiary/aromatic N) is 2. The van der Waals surface area contributed by atoms with E-state index >= 15 is 0 Å². The van der Waals surface area contributed by atoms with E-state index in [9.17, 15) is 14.7 Å². The molecule has 1 aromatic heterocycles. The predicted molar refractivity (Wildman–Crippen MR) is 117 cm³/mol. The predicted octanol–water partition coefficient (Wildman–Crippen LogP) is 0.333. The Morgan fingerprint density at radius 2 is 1.56 bits per heavy atom. The molecule has 0 bridgehead atoms. The van der Waals surface area contributed by atoms with Gasteiger partial charge in [-0.15, -0.1) is 0 Å². The molecule has 32 heavy (non-hydrogen) atoms. The van der Waals surface area contributed by atoms with Crippen molar-refractivity contribution in [3.05, 3.63) is 95.1 Å². The summed E-state index contributed by atoms with van der Waals surface area (Å²) in [5.41, 5.74) is 2.75. The zero-order chi connectivity index (χ0) is 21.8. The van der Waals surface area contributed by atoms with Crippen molar-refractivity contribution >= 4 is 40.1 Å². The SMILES string of the molecule is COc1ccc(C(=O)/C(Cc2ccccc2)=C(/C(=O)[O-])c2ccc3nsnc3c2)cc1.[Na+]. The summed E-state index contributed by atoms with van der Waals surface area (Å²) >= 11 is 1.04. The maximum atomic E-state index is 13.5. The Labute approximate surface area is 211 Å². The summed E-state index contributed by atoms with van der Waals surface area (Å²) in [5.74, 6) is -1.20. The fourth-order valence-electron chi connectivity index (χ4n) is 3.35. The van der Waals surface area contributed by atoms with Gasteiger partial charge < -0.3 is 14.6 Å². The molecular weight excluding hydrogens is 435 g/mol. The molecule has 3 aromatic carbocycles. The summed E-state index contributed by atoms with van der Waals surface area (Å²) in [6.07, 6.45) is 0.141. The summed E-state index contributed by atoms with van der Waals surface area (Å²) in [5, 5.41) is 12.3. The minimum Gasteiger partial charge on any atom is -0.545 e. The van der Waals surface area contributed by atoms with E-state index < -0.39 is 5.97 Å². The molecule has 0 N–H and O–H groups in total. The second-order valence-electron chi connectivity index (χ2n) is 6.83. The molecule has 0 aliphatic carbocycles. The number of hydrogen-bond donors (Lipinski definition) is 0. The third kappa shape index (κ3) is 5.14. The van der Waals surface area contributed by atoms with Crippen LogP contribution in [0, 0.1) is 0 Å². The van der Waals surface area contributed by atoms with Gasteiger partial charge in [-0.2, -0.15) is 8.75 Å². The van der Waals surface area contributed by atoms with Crippen LogP contribution in [0.15, 0.2) is 78.4 Å². The molecule has 0 fully saturated rings. The van der Waals surface area contributed by atoms with Crippen molar-refractivity contribution in [1.29, 1.82) is 0 Å². The molecule has 0 radical (unpaired) electrons. The average Bonchev–Trinajstić information content (AvgIpc) is 3.27. The fourth-order valence-corrected chi connectivity index (χ4v) is 3.87. The van der Waals surface area contributed by atoms with E-state index in [1.54, 1.807) is 42.5 Å². The average molecular weight is 452 g/mol. The van der Waals surface area contributed by atoms with E-state index in [-0.39, 0.29) is 52.9 Å². The van der Waals surface area contributed by atoms with Gasteiger partial charge in [0.15, 0.2) is 5.78 Å². The summed E-state index contributed by atoms with van der Waals surface area (Å²) in [7, 11) is 1.54. The maximum Gasteiger partial charge on any atom is 1.00 e. The number of carbonyl (C=O) groups is 2. The molecule has 8 heteroatoms. The van der Waals surface area contributed by atoms with Gasteiger partial charge in [-0.3, -0.25) is 4.79 Å². The minimum atomic E-state index is -1.42. The number of allylic oxidation sites excluding steroid dienone is 1. The van der Waals surface area contributed by atoms with E-state index in [1.165, 1.54) is 7.11 Å². The fraction of sp³-hybridized carbons (Fsp3) is 0.0833. The Hall–Kier alpha value is -2.84. The number of methoxy groups -OCH3 is 1. The van der Waals surface area contributed by atoms with Crippen LogP contribution in [-0.4, -0.2) is 27.6 Å². The van der Waals surface area contributed by atoms with Crippen LogP contribution in [0.4, 0.5) is 0 Å². The number of ketones is 1. The number of ether oxygens (including phenoxy) is 1. The first kappa shape index (κ1) is 23.8. The van der Waals surface area contributed by atoms with Gasteiger partial charge in [0.25, 0.3) is 0 Å². The number of rotatable bonds is 7. The number of aliphatic carboxylic acids is 1. The Bertz CT molecular complexity index is 1280. The van der Waals surface area contributed by atoms with Gasteiger partial charge >= 0.3 is 29.6 Å². The number of carboxylic acid groups (broad SMARTS) is 1. The van der Waals surface area contributed by atoms with Crippen LogP contribution in [0.2, 0.25) is 0 Å². The van der Waals surface area contributed by atoms with Gasteiger partial charge in [-0.1, -0.05) is 36.4 Å². The molecule has 0 amide bonds. The van der Waals surface area contributed by atoms with Crippen LogP contribution in [0.25, 0.3) is 16.6 Å². The third-order valence-corrected chi connectivity index (χ3v) is 5.46. The van der Waals surface area contributed by atoms with Gasteiger partial charge in [0, 0.05) is 23.1 Å². The summed E-state index contributed by atoms with van der Waals surface area (Å²) < 4.78 is 13.5. The van der Waals surface area contributed by atoms with Crippen LogP contribution >= 0.6 is 11.7 Å². The molecule has 6 nitrogen and oxygen atoms in total. The molecule has 0 saturated heterocycles. The third-order valence-electron chi connectivity index (χ3n) is 4.90. The number of aromatic nitrogens is 2. The van der Waals surface area contributed by atoms with Crippen molar-refractivity contribution < 1.29 is 49.0 Å². The number of carbonyl (C=O) groups excluding carboxylic acids is 2. The number of carboxylic acids is 1. The molecule has 0 saturated carbocycles. The maximum absolute atomic E-state index is 13.5. The number of benzene rings is 3. The molecule has 154 valence electrons. The van der Waals surface area contributed by atoms with E-state index in [2.05, 4.69) is 8.75 Å². The second-order valence-corrected chi connectivity index (χ2v) is 7.36. The number of Topliss-reactive ketones (excluding diaryl/α,β-unsaturated/α-hetero) is 1. The topological polar surface area (TPSA) is 92.2 Å². The van der Waals surface area contributed by atoms with E-state index in [0.29, 0.717) is 27.9 Å². The first-order chi connectivity index (χ1) is 15.1. The van der Waals surface area contributed by atoms with Crippen LogP contribution in [-0.2, 0) is 11.2 Å². The minimum absolute atomic E-state index is 0. The quantitative estimate of drug-likeness (QED) is 0.228. The van der Waals surface area contributed by atoms with Crippen molar-refractivity contribution in [3.8, 4) is 5.75 Å². The number of hydrogen-bond acceptors (Lipinski definition) is 7. The molecule has 0 spiro atoms. The van der Waals surface area contributed by atoms with Gasteiger partial charge in [-0.25, -0.2) is 0 Å². The zero-order valence-corrected chi connectivity index (χ0v) is 20.4. The molecule has 0 atom stereocenters. The second kappa shape index (κ2) is 10.7. The van der Waals surface area contributed by atoms with Gasteiger partial charge in [0.1, 0.15) is 16.8 Å². The Morgan fingerprint density at radius 3 is 2.22 bits per heavy atom. The Kier molecular flexibility index (Phi) is 7.93. The smallest absolute Gasteiger partial charge is 0.545 e. The molecule has 0 aliphatic rings. The molecule has 0 unspecified atom stereocenters. The zero-order valence-electron chi connectivity index (χ0n) is 17.6. The van der Waals surface area contributed by atoms with Crippen LogP contribution in [0.3, 0.4) is 0 Å². The van der Waals surface area contributed by atoms with Gasteiger partial charge in [-0.05, 0) is 47.5 Å². The van der Waals surface area contributed by atoms with Crippen molar-refractivity contribution in [2.45, 2.75) is 6.42 Å². The van der Waals surface area contributed by atoms with Crippen LogP contribution < -0.4 is 39.4 Å². The summed E-state index contributed by atoms with van der Waals surface area (Å²) in [4.78, 5) is 25.7. The number of fused-ring (bicyclic) bond motifs is 1. The monoisotopic (exact) mass is 452 g/mol. The van der Waals surface area contributed by atoms with Crippen LogP contribution in [0.5, 0.6) is 5.75 Å². The molecule has 4 aromatic rings. The van der Waals surface area contributed by atoms with E-state index in [1.807, 2.05) is 30.3 Å².